The second kappa shape index (κ2) is 7.91. The number of methoxy groups -OCH3 is 1. The van der Waals surface area contributed by atoms with Gasteiger partial charge in [0.1, 0.15) is 0 Å². The molecule has 0 saturated heterocycles. The van der Waals surface area contributed by atoms with Crippen LogP contribution in [0.2, 0.25) is 0 Å². The van der Waals surface area contributed by atoms with E-state index in [2.05, 4.69) is 5.32 Å². The standard InChI is InChI=1S/C14H19NO4S/c1-9-4-5-10(2)12(6-9)20-8-13(16)15-7-11(19-3)14(17)18/h4-6,11H,7-8H2,1-3H3,(H,15,16)(H,17,18). The molecule has 0 aliphatic heterocycles. The van der Waals surface area contributed by atoms with Crippen molar-refractivity contribution in [3.05, 3.63) is 29.3 Å². The van der Waals surface area contributed by atoms with E-state index in [-0.39, 0.29) is 18.2 Å². The molecule has 0 radical (unpaired) electrons. The van der Waals surface area contributed by atoms with Crippen LogP contribution in [-0.2, 0) is 14.3 Å². The number of aryl methyl sites for hydroxylation is 2. The number of benzene rings is 1. The maximum Gasteiger partial charge on any atom is 0.334 e. The topological polar surface area (TPSA) is 75.6 Å². The SMILES string of the molecule is COC(CNC(=O)CSc1cc(C)ccc1C)C(=O)O. The van der Waals surface area contributed by atoms with Crippen molar-refractivity contribution in [1.82, 2.24) is 5.32 Å². The molecule has 1 aromatic rings. The Kier molecular flexibility index (Phi) is 6.54. The Morgan fingerprint density at radius 1 is 1.40 bits per heavy atom. The molecule has 5 nitrogen and oxygen atoms in total. The molecule has 0 spiro atoms. The zero-order valence-corrected chi connectivity index (χ0v) is 12.6. The fourth-order valence-electron chi connectivity index (χ4n) is 1.54. The van der Waals surface area contributed by atoms with Gasteiger partial charge in [-0.05, 0) is 25.5 Å². The fourth-order valence-corrected chi connectivity index (χ4v) is 2.49. The largest absolute Gasteiger partial charge is 0.479 e. The number of amides is 1. The number of ether oxygens (including phenoxy) is 1. The molecule has 110 valence electrons. The summed E-state index contributed by atoms with van der Waals surface area (Å²) in [5.41, 5.74) is 2.26. The van der Waals surface area contributed by atoms with E-state index in [0.717, 1.165) is 16.0 Å². The third kappa shape index (κ3) is 5.22. The highest BCUT2D eigenvalue weighted by molar-refractivity contribution is 8.00. The van der Waals surface area contributed by atoms with Crippen molar-refractivity contribution in [2.75, 3.05) is 19.4 Å². The zero-order valence-electron chi connectivity index (χ0n) is 11.8. The number of carbonyl (C=O) groups is 2. The summed E-state index contributed by atoms with van der Waals surface area (Å²) in [5.74, 6) is -1.05. The quantitative estimate of drug-likeness (QED) is 0.748. The lowest BCUT2D eigenvalue weighted by atomic mass is 10.2. The molecular formula is C14H19NO4S. The van der Waals surface area contributed by atoms with Crippen molar-refractivity contribution in [3.63, 3.8) is 0 Å². The van der Waals surface area contributed by atoms with Gasteiger partial charge in [-0.15, -0.1) is 11.8 Å². The van der Waals surface area contributed by atoms with Gasteiger partial charge < -0.3 is 15.2 Å². The highest BCUT2D eigenvalue weighted by atomic mass is 32.2. The van der Waals surface area contributed by atoms with Gasteiger partial charge in [0.25, 0.3) is 0 Å². The van der Waals surface area contributed by atoms with Crippen LogP contribution in [0.3, 0.4) is 0 Å². The number of nitrogens with one attached hydrogen (secondary N) is 1. The van der Waals surface area contributed by atoms with Crippen LogP contribution in [0.1, 0.15) is 11.1 Å². The summed E-state index contributed by atoms with van der Waals surface area (Å²) in [4.78, 5) is 23.5. The van der Waals surface area contributed by atoms with Gasteiger partial charge in [-0.1, -0.05) is 17.7 Å². The Morgan fingerprint density at radius 3 is 2.70 bits per heavy atom. The summed E-state index contributed by atoms with van der Waals surface area (Å²) in [6.45, 7) is 3.96. The minimum atomic E-state index is -1.09. The summed E-state index contributed by atoms with van der Waals surface area (Å²) < 4.78 is 4.74. The van der Waals surface area contributed by atoms with Crippen LogP contribution in [0.5, 0.6) is 0 Å². The van der Waals surface area contributed by atoms with Crippen molar-refractivity contribution in [1.29, 1.82) is 0 Å². The minimum absolute atomic E-state index is 0.0297. The first-order valence-electron chi connectivity index (χ1n) is 6.16. The smallest absolute Gasteiger partial charge is 0.334 e. The minimum Gasteiger partial charge on any atom is -0.479 e. The number of aliphatic carboxylic acids is 1. The second-order valence-corrected chi connectivity index (χ2v) is 5.44. The summed E-state index contributed by atoms with van der Waals surface area (Å²) in [6, 6.07) is 6.07. The van der Waals surface area contributed by atoms with Crippen molar-refractivity contribution < 1.29 is 19.4 Å². The third-order valence-electron chi connectivity index (χ3n) is 2.75. The monoisotopic (exact) mass is 297 g/mol. The first-order valence-corrected chi connectivity index (χ1v) is 7.15. The maximum absolute atomic E-state index is 11.7. The molecule has 1 atom stereocenters. The van der Waals surface area contributed by atoms with E-state index in [1.807, 2.05) is 32.0 Å². The molecule has 20 heavy (non-hydrogen) atoms. The Labute approximate surface area is 122 Å². The Hall–Kier alpha value is -1.53. The molecule has 6 heteroatoms. The molecule has 1 rings (SSSR count). The van der Waals surface area contributed by atoms with Crippen LogP contribution >= 0.6 is 11.8 Å². The van der Waals surface area contributed by atoms with Gasteiger partial charge in [0, 0.05) is 12.0 Å². The summed E-state index contributed by atoms with van der Waals surface area (Å²) >= 11 is 1.44. The van der Waals surface area contributed by atoms with Crippen LogP contribution in [0.25, 0.3) is 0 Å². The van der Waals surface area contributed by atoms with E-state index < -0.39 is 12.1 Å². The third-order valence-corrected chi connectivity index (χ3v) is 3.90. The van der Waals surface area contributed by atoms with Gasteiger partial charge in [-0.3, -0.25) is 4.79 Å². The number of hydrogen-bond donors (Lipinski definition) is 2. The number of thioether (sulfide) groups is 1. The first kappa shape index (κ1) is 16.5. The van der Waals surface area contributed by atoms with E-state index >= 15 is 0 Å². The van der Waals surface area contributed by atoms with Crippen LogP contribution < -0.4 is 5.32 Å². The van der Waals surface area contributed by atoms with Crippen molar-refractivity contribution in [2.24, 2.45) is 0 Å². The number of carboxylic acid groups (broad SMARTS) is 1. The lowest BCUT2D eigenvalue weighted by Crippen LogP contribution is -2.38. The summed E-state index contributed by atoms with van der Waals surface area (Å²) in [5, 5.41) is 11.3. The highest BCUT2D eigenvalue weighted by Crippen LogP contribution is 2.23. The molecule has 0 fully saturated rings. The number of rotatable bonds is 7. The molecule has 0 bridgehead atoms. The van der Waals surface area contributed by atoms with E-state index in [0.29, 0.717) is 0 Å². The molecule has 0 aliphatic carbocycles. The van der Waals surface area contributed by atoms with Gasteiger partial charge in [0.2, 0.25) is 5.91 Å². The fraction of sp³-hybridized carbons (Fsp3) is 0.429. The Balaban J connectivity index is 2.43. The van der Waals surface area contributed by atoms with Crippen molar-refractivity contribution in [3.8, 4) is 0 Å². The summed E-state index contributed by atoms with van der Waals surface area (Å²) in [6.07, 6.45) is -1.01. The molecule has 2 N–H and O–H groups in total. The van der Waals surface area contributed by atoms with E-state index in [9.17, 15) is 9.59 Å². The maximum atomic E-state index is 11.7. The molecule has 0 aromatic heterocycles. The van der Waals surface area contributed by atoms with Crippen LogP contribution in [0, 0.1) is 13.8 Å². The molecule has 0 heterocycles. The molecule has 0 aliphatic rings. The van der Waals surface area contributed by atoms with Crippen molar-refractivity contribution in [2.45, 2.75) is 24.8 Å². The van der Waals surface area contributed by atoms with E-state index in [1.165, 1.54) is 18.9 Å². The molecular weight excluding hydrogens is 278 g/mol. The predicted molar refractivity (Wildman–Crippen MR) is 78.1 cm³/mol. The number of carboxylic acids is 1. The average molecular weight is 297 g/mol. The Morgan fingerprint density at radius 2 is 2.10 bits per heavy atom. The van der Waals surface area contributed by atoms with Crippen LogP contribution in [-0.4, -0.2) is 42.5 Å². The second-order valence-electron chi connectivity index (χ2n) is 4.42. The van der Waals surface area contributed by atoms with Gasteiger partial charge in [0.15, 0.2) is 6.10 Å². The van der Waals surface area contributed by atoms with Crippen LogP contribution in [0.4, 0.5) is 0 Å². The highest BCUT2D eigenvalue weighted by Gasteiger charge is 2.17. The predicted octanol–water partition coefficient (Wildman–Crippen LogP) is 1.61. The van der Waals surface area contributed by atoms with Gasteiger partial charge in [-0.25, -0.2) is 4.79 Å². The zero-order chi connectivity index (χ0) is 15.1. The number of carbonyl (C=O) groups excluding carboxylic acids is 1. The van der Waals surface area contributed by atoms with Gasteiger partial charge >= 0.3 is 5.97 Å². The van der Waals surface area contributed by atoms with Gasteiger partial charge in [0.05, 0.1) is 12.3 Å². The molecule has 1 unspecified atom stereocenters. The molecule has 1 aromatic carbocycles. The van der Waals surface area contributed by atoms with E-state index in [1.54, 1.807) is 0 Å². The normalized spacial score (nSPS) is 11.9. The summed E-state index contributed by atoms with van der Waals surface area (Å²) in [7, 11) is 1.30. The lowest BCUT2D eigenvalue weighted by Gasteiger charge is -2.12. The van der Waals surface area contributed by atoms with E-state index in [4.69, 9.17) is 9.84 Å². The first-order chi connectivity index (χ1) is 9.43. The average Bonchev–Trinajstić information content (AvgIpc) is 2.40. The molecule has 0 saturated carbocycles. The molecule has 1 amide bonds. The Bertz CT molecular complexity index is 490. The number of hydrogen-bond acceptors (Lipinski definition) is 4. The van der Waals surface area contributed by atoms with Crippen molar-refractivity contribution >= 4 is 23.6 Å². The lowest BCUT2D eigenvalue weighted by molar-refractivity contribution is -0.148. The van der Waals surface area contributed by atoms with Gasteiger partial charge in [-0.2, -0.15) is 0 Å². The van der Waals surface area contributed by atoms with Crippen LogP contribution in [0.15, 0.2) is 23.1 Å².